The molecule has 1 fully saturated rings. The number of methoxy groups -OCH3 is 1. The fourth-order valence-electron chi connectivity index (χ4n) is 3.47. The van der Waals surface area contributed by atoms with E-state index in [1.807, 2.05) is 6.07 Å². The maximum atomic E-state index is 12.9. The molecule has 1 saturated heterocycles. The Morgan fingerprint density at radius 3 is 2.76 bits per heavy atom. The van der Waals surface area contributed by atoms with Crippen molar-refractivity contribution in [2.75, 3.05) is 32.1 Å². The first-order chi connectivity index (χ1) is 16.0. The van der Waals surface area contributed by atoms with Gasteiger partial charge in [0.2, 0.25) is 5.95 Å². The van der Waals surface area contributed by atoms with Crippen LogP contribution < -0.4 is 5.32 Å². The summed E-state index contributed by atoms with van der Waals surface area (Å²) in [6.45, 7) is -1.34. The van der Waals surface area contributed by atoms with Crippen LogP contribution in [0, 0.1) is 11.3 Å². The lowest BCUT2D eigenvalue weighted by atomic mass is 9.89. The molecule has 1 amide bonds. The number of ether oxygens (including phenoxy) is 1. The molecule has 1 aliphatic heterocycles. The standard InChI is InChI=1S/C17H16F3N9O4S/c1-33-8-13(30)25-15-24-12-2-5-22-14(29(12)26-15)11-6-23-28(7-11)16(3-4-21)9-27(10-16)34(31,32)17(18,19)20/h2,5-7H,3,8-10H2,1H3,(H,25,26,30). The second-order valence-corrected chi connectivity index (χ2v) is 9.34. The van der Waals surface area contributed by atoms with E-state index in [9.17, 15) is 31.6 Å². The minimum absolute atomic E-state index is 0.00312. The highest BCUT2D eigenvalue weighted by Crippen LogP contribution is 2.39. The molecular formula is C17H16F3N9O4S. The van der Waals surface area contributed by atoms with E-state index in [0.717, 1.165) is 0 Å². The second-order valence-electron chi connectivity index (χ2n) is 7.41. The number of halogens is 3. The van der Waals surface area contributed by atoms with E-state index < -0.39 is 40.1 Å². The van der Waals surface area contributed by atoms with Gasteiger partial charge in [0.05, 0.1) is 24.3 Å². The predicted molar refractivity (Wildman–Crippen MR) is 107 cm³/mol. The van der Waals surface area contributed by atoms with Gasteiger partial charge in [-0.25, -0.2) is 13.4 Å². The number of hydrogen-bond acceptors (Lipinski definition) is 9. The number of sulfonamides is 1. The summed E-state index contributed by atoms with van der Waals surface area (Å²) in [5.74, 6) is -0.228. The first kappa shape index (κ1) is 23.5. The number of aromatic nitrogens is 6. The van der Waals surface area contributed by atoms with E-state index in [1.165, 1.54) is 41.0 Å². The SMILES string of the molecule is COCC(=O)Nc1nc2ccnc(-c3cnn(C4(CC#N)CN(S(=O)(=O)C(F)(F)F)C4)c3)n2n1. The molecule has 4 rings (SSSR count). The van der Waals surface area contributed by atoms with Crippen molar-refractivity contribution in [2.45, 2.75) is 17.5 Å². The van der Waals surface area contributed by atoms with Gasteiger partial charge in [0.25, 0.3) is 5.91 Å². The summed E-state index contributed by atoms with van der Waals surface area (Å²) in [5.41, 5.74) is -6.01. The van der Waals surface area contributed by atoms with Crippen LogP contribution in [0.3, 0.4) is 0 Å². The van der Waals surface area contributed by atoms with Crippen molar-refractivity contribution < 1.29 is 31.1 Å². The Balaban J connectivity index is 1.63. The summed E-state index contributed by atoms with van der Waals surface area (Å²) >= 11 is 0. The molecule has 0 bridgehead atoms. The predicted octanol–water partition coefficient (Wildman–Crippen LogP) is 0.347. The quantitative estimate of drug-likeness (QED) is 0.484. The van der Waals surface area contributed by atoms with E-state index in [2.05, 4.69) is 25.5 Å². The molecule has 3 aromatic rings. The lowest BCUT2D eigenvalue weighted by Gasteiger charge is -2.47. The average Bonchev–Trinajstić information content (AvgIpc) is 3.36. The molecule has 34 heavy (non-hydrogen) atoms. The average molecular weight is 499 g/mol. The molecule has 0 aromatic carbocycles. The van der Waals surface area contributed by atoms with E-state index >= 15 is 0 Å². The van der Waals surface area contributed by atoms with Crippen LogP contribution in [-0.4, -0.2) is 80.3 Å². The summed E-state index contributed by atoms with van der Waals surface area (Å²) in [6.07, 6.45) is 3.95. The van der Waals surface area contributed by atoms with E-state index in [0.29, 0.717) is 11.2 Å². The summed E-state index contributed by atoms with van der Waals surface area (Å²) in [5, 5.41) is 20.0. The molecular weight excluding hydrogens is 483 g/mol. The first-order valence-electron chi connectivity index (χ1n) is 9.50. The molecule has 0 unspecified atom stereocenters. The first-order valence-corrected chi connectivity index (χ1v) is 10.9. The molecule has 0 saturated carbocycles. The van der Waals surface area contributed by atoms with Crippen molar-refractivity contribution in [3.8, 4) is 17.5 Å². The molecule has 180 valence electrons. The molecule has 0 spiro atoms. The number of fused-ring (bicyclic) bond motifs is 1. The van der Waals surface area contributed by atoms with Crippen molar-refractivity contribution in [2.24, 2.45) is 0 Å². The molecule has 0 aliphatic carbocycles. The van der Waals surface area contributed by atoms with Gasteiger partial charge in [-0.05, 0) is 0 Å². The number of carbonyl (C=O) groups is 1. The van der Waals surface area contributed by atoms with E-state index in [4.69, 9.17) is 4.74 Å². The van der Waals surface area contributed by atoms with E-state index in [-0.39, 0.29) is 29.1 Å². The highest BCUT2D eigenvalue weighted by molar-refractivity contribution is 7.90. The molecule has 17 heteroatoms. The molecule has 0 atom stereocenters. The summed E-state index contributed by atoms with van der Waals surface area (Å²) in [6, 6.07) is 3.41. The van der Waals surface area contributed by atoms with Crippen LogP contribution >= 0.6 is 0 Å². The van der Waals surface area contributed by atoms with Gasteiger partial charge >= 0.3 is 15.5 Å². The second kappa shape index (κ2) is 8.30. The Hall–Kier alpha value is -3.62. The zero-order chi connectivity index (χ0) is 24.7. The van der Waals surface area contributed by atoms with Crippen LogP contribution in [0.15, 0.2) is 24.7 Å². The maximum absolute atomic E-state index is 12.9. The number of nitriles is 1. The van der Waals surface area contributed by atoms with E-state index in [1.54, 1.807) is 0 Å². The van der Waals surface area contributed by atoms with Crippen LogP contribution in [0.1, 0.15) is 6.42 Å². The Bertz CT molecular complexity index is 1390. The van der Waals surface area contributed by atoms with Gasteiger partial charge in [-0.3, -0.25) is 14.8 Å². The smallest absolute Gasteiger partial charge is 0.375 e. The summed E-state index contributed by atoms with van der Waals surface area (Å²) < 4.78 is 69.5. The Kier molecular flexibility index (Phi) is 5.75. The lowest BCUT2D eigenvalue weighted by Crippen LogP contribution is -2.65. The van der Waals surface area contributed by atoms with Gasteiger partial charge in [-0.1, -0.05) is 0 Å². The van der Waals surface area contributed by atoms with Gasteiger partial charge < -0.3 is 4.74 Å². The molecule has 1 N–H and O–H groups in total. The zero-order valence-electron chi connectivity index (χ0n) is 17.4. The minimum Gasteiger partial charge on any atom is -0.375 e. The number of nitrogens with zero attached hydrogens (tertiary/aromatic N) is 8. The van der Waals surface area contributed by atoms with Gasteiger partial charge in [0, 0.05) is 38.7 Å². The number of alkyl halides is 3. The fourth-order valence-corrected chi connectivity index (χ4v) is 4.58. The summed E-state index contributed by atoms with van der Waals surface area (Å²) in [4.78, 5) is 20.1. The number of anilines is 1. The van der Waals surface area contributed by atoms with Crippen molar-refractivity contribution in [1.82, 2.24) is 33.7 Å². The maximum Gasteiger partial charge on any atom is 0.511 e. The summed E-state index contributed by atoms with van der Waals surface area (Å²) in [7, 11) is -4.16. The Labute approximate surface area is 189 Å². The third-order valence-corrected chi connectivity index (χ3v) is 6.61. The Morgan fingerprint density at radius 2 is 2.12 bits per heavy atom. The number of hydrogen-bond donors (Lipinski definition) is 1. The van der Waals surface area contributed by atoms with Gasteiger partial charge in [-0.2, -0.15) is 37.3 Å². The van der Waals surface area contributed by atoms with Gasteiger partial charge in [-0.15, -0.1) is 5.10 Å². The van der Waals surface area contributed by atoms with Crippen LogP contribution in [0.25, 0.3) is 17.0 Å². The molecule has 0 radical (unpaired) electrons. The number of rotatable bonds is 7. The molecule has 1 aliphatic rings. The topological polar surface area (TPSA) is 160 Å². The van der Waals surface area contributed by atoms with Gasteiger partial charge in [0.1, 0.15) is 12.1 Å². The minimum atomic E-state index is -5.52. The zero-order valence-corrected chi connectivity index (χ0v) is 18.2. The van der Waals surface area contributed by atoms with Gasteiger partial charge in [0.15, 0.2) is 11.5 Å². The monoisotopic (exact) mass is 499 g/mol. The van der Waals surface area contributed by atoms with Crippen molar-refractivity contribution >= 4 is 27.5 Å². The Morgan fingerprint density at radius 1 is 1.38 bits per heavy atom. The largest absolute Gasteiger partial charge is 0.511 e. The normalized spacial score (nSPS) is 16.2. The van der Waals surface area contributed by atoms with Crippen molar-refractivity contribution in [3.05, 3.63) is 24.7 Å². The fraction of sp³-hybridized carbons (Fsp3) is 0.412. The highest BCUT2D eigenvalue weighted by atomic mass is 32.2. The van der Waals surface area contributed by atoms with Crippen molar-refractivity contribution in [1.29, 1.82) is 5.26 Å². The molecule has 3 aromatic heterocycles. The number of carbonyl (C=O) groups excluding carboxylic acids is 1. The number of nitrogens with one attached hydrogen (secondary N) is 1. The van der Waals surface area contributed by atoms with Crippen LogP contribution in [0.2, 0.25) is 0 Å². The lowest BCUT2D eigenvalue weighted by molar-refractivity contribution is -0.119. The molecule has 13 nitrogen and oxygen atoms in total. The highest BCUT2D eigenvalue weighted by Gasteiger charge is 2.59. The van der Waals surface area contributed by atoms with Crippen LogP contribution in [0.4, 0.5) is 19.1 Å². The third kappa shape index (κ3) is 3.95. The third-order valence-electron chi connectivity index (χ3n) is 5.09. The van der Waals surface area contributed by atoms with Crippen LogP contribution in [-0.2, 0) is 25.1 Å². The van der Waals surface area contributed by atoms with Crippen molar-refractivity contribution in [3.63, 3.8) is 0 Å². The van der Waals surface area contributed by atoms with Crippen LogP contribution in [0.5, 0.6) is 0 Å². The molecule has 4 heterocycles. The number of amides is 1.